The van der Waals surface area contributed by atoms with E-state index >= 15 is 0 Å². The molecule has 1 heterocycles. The van der Waals surface area contributed by atoms with E-state index < -0.39 is 11.7 Å². The summed E-state index contributed by atoms with van der Waals surface area (Å²) in [5.74, 6) is 0.573. The first-order valence-electron chi connectivity index (χ1n) is 10.5. The number of halogens is 3. The summed E-state index contributed by atoms with van der Waals surface area (Å²) in [6, 6.07) is 12.6. The maximum atomic E-state index is 13.1. The molecule has 2 N–H and O–H groups in total. The van der Waals surface area contributed by atoms with Crippen molar-refractivity contribution in [2.75, 3.05) is 10.6 Å². The fourth-order valence-electron chi connectivity index (χ4n) is 3.78. The molecular formula is C24H23F3N4O. The van der Waals surface area contributed by atoms with Crippen molar-refractivity contribution in [3.63, 3.8) is 0 Å². The van der Waals surface area contributed by atoms with Crippen LogP contribution in [0.1, 0.15) is 47.4 Å². The van der Waals surface area contributed by atoms with Gasteiger partial charge in [-0.15, -0.1) is 0 Å². The van der Waals surface area contributed by atoms with Crippen LogP contribution in [0.2, 0.25) is 0 Å². The van der Waals surface area contributed by atoms with E-state index in [1.54, 1.807) is 0 Å². The number of aromatic nitrogens is 2. The molecule has 0 bridgehead atoms. The Kier molecular flexibility index (Phi) is 5.86. The lowest BCUT2D eigenvalue weighted by atomic mass is 9.87. The van der Waals surface area contributed by atoms with Gasteiger partial charge in [-0.05, 0) is 54.7 Å². The lowest BCUT2D eigenvalue weighted by molar-refractivity contribution is -0.137. The number of carbonyl (C=O) groups excluding carboxylic acids is 1. The molecule has 2 aromatic carbocycles. The number of rotatable bonds is 5. The summed E-state index contributed by atoms with van der Waals surface area (Å²) in [7, 11) is 0. The van der Waals surface area contributed by atoms with Gasteiger partial charge in [0.1, 0.15) is 5.82 Å². The van der Waals surface area contributed by atoms with Gasteiger partial charge in [0.05, 0.1) is 16.8 Å². The highest BCUT2D eigenvalue weighted by Gasteiger charge is 2.31. The molecule has 1 unspecified atom stereocenters. The van der Waals surface area contributed by atoms with Crippen LogP contribution in [0, 0.1) is 5.92 Å². The minimum atomic E-state index is -4.45. The maximum Gasteiger partial charge on any atom is 0.416 e. The van der Waals surface area contributed by atoms with Crippen molar-refractivity contribution in [3.8, 4) is 0 Å². The Morgan fingerprint density at radius 1 is 1.00 bits per heavy atom. The van der Waals surface area contributed by atoms with Crippen LogP contribution in [0.5, 0.6) is 0 Å². The number of hydrogen-bond donors (Lipinski definition) is 2. The van der Waals surface area contributed by atoms with Crippen LogP contribution in [0.25, 0.3) is 0 Å². The predicted molar refractivity (Wildman–Crippen MR) is 118 cm³/mol. The number of anilines is 4. The molecule has 1 aliphatic carbocycles. The molecule has 5 nitrogen and oxygen atoms in total. The van der Waals surface area contributed by atoms with Crippen molar-refractivity contribution in [1.82, 2.24) is 9.97 Å². The number of alkyl halides is 3. The van der Waals surface area contributed by atoms with Crippen molar-refractivity contribution in [3.05, 3.63) is 70.9 Å². The van der Waals surface area contributed by atoms with E-state index in [0.717, 1.165) is 24.2 Å². The molecule has 0 saturated heterocycles. The number of aryl methyl sites for hydroxylation is 1. The molecular weight excluding hydrogens is 417 g/mol. The van der Waals surface area contributed by atoms with Crippen LogP contribution >= 0.6 is 0 Å². The molecule has 1 aliphatic rings. The van der Waals surface area contributed by atoms with Crippen molar-refractivity contribution in [2.24, 2.45) is 5.92 Å². The highest BCUT2D eigenvalue weighted by molar-refractivity contribution is 6.03. The van der Waals surface area contributed by atoms with E-state index in [4.69, 9.17) is 0 Å². The van der Waals surface area contributed by atoms with Crippen molar-refractivity contribution >= 4 is 28.9 Å². The molecule has 0 fully saturated rings. The molecule has 3 aromatic rings. The molecule has 0 saturated carbocycles. The molecule has 0 spiro atoms. The minimum Gasteiger partial charge on any atom is -0.339 e. The van der Waals surface area contributed by atoms with Gasteiger partial charge in [0, 0.05) is 17.8 Å². The van der Waals surface area contributed by atoms with Crippen LogP contribution in [-0.4, -0.2) is 15.8 Å². The van der Waals surface area contributed by atoms with E-state index in [0.29, 0.717) is 29.9 Å². The first-order valence-corrected chi connectivity index (χ1v) is 10.5. The highest BCUT2D eigenvalue weighted by atomic mass is 19.4. The van der Waals surface area contributed by atoms with Crippen LogP contribution < -0.4 is 10.6 Å². The maximum absolute atomic E-state index is 13.1. The number of fused-ring (bicyclic) bond motifs is 1. The molecule has 0 aliphatic heterocycles. The fourth-order valence-corrected chi connectivity index (χ4v) is 3.78. The summed E-state index contributed by atoms with van der Waals surface area (Å²) in [5, 5.41) is 6.07. The van der Waals surface area contributed by atoms with Crippen LogP contribution in [0.15, 0.2) is 48.5 Å². The van der Waals surface area contributed by atoms with Gasteiger partial charge in [0.15, 0.2) is 5.78 Å². The second kappa shape index (κ2) is 8.61. The van der Waals surface area contributed by atoms with Gasteiger partial charge < -0.3 is 10.6 Å². The first-order chi connectivity index (χ1) is 15.2. The zero-order valence-electron chi connectivity index (χ0n) is 17.8. The molecule has 1 aromatic heterocycles. The van der Waals surface area contributed by atoms with E-state index in [2.05, 4.69) is 27.5 Å². The van der Waals surface area contributed by atoms with Gasteiger partial charge >= 0.3 is 6.18 Å². The monoisotopic (exact) mass is 440 g/mol. The number of ketones is 1. The zero-order chi connectivity index (χ0) is 22.9. The van der Waals surface area contributed by atoms with Gasteiger partial charge in [0.25, 0.3) is 0 Å². The van der Waals surface area contributed by atoms with E-state index in [9.17, 15) is 18.0 Å². The fraction of sp³-hybridized carbons (Fsp3) is 0.292. The second-order valence-corrected chi connectivity index (χ2v) is 8.03. The number of nitrogens with zero attached hydrogens (tertiary/aromatic N) is 2. The second-order valence-electron chi connectivity index (χ2n) is 8.03. The van der Waals surface area contributed by atoms with Gasteiger partial charge in [-0.1, -0.05) is 32.0 Å². The Bertz CT molecular complexity index is 1140. The molecule has 8 heteroatoms. The van der Waals surface area contributed by atoms with E-state index in [1.165, 1.54) is 17.7 Å². The lowest BCUT2D eigenvalue weighted by Gasteiger charge is -2.23. The largest absolute Gasteiger partial charge is 0.416 e. The standard InChI is InChI=1S/C24H23F3N4O/c1-3-15-7-9-17(10-8-15)28-22-21-19(11-14(2)12-20(21)32)30-23(31-22)29-18-6-4-5-16(13-18)24(25,26)27/h4-10,13-14H,3,11-12H2,1-2H3,(H2,28,29,30,31). The summed E-state index contributed by atoms with van der Waals surface area (Å²) in [6.07, 6.45) is -2.55. The Morgan fingerprint density at radius 3 is 2.44 bits per heavy atom. The first kappa shape index (κ1) is 21.8. The highest BCUT2D eigenvalue weighted by Crippen LogP contribution is 2.34. The normalized spacial score (nSPS) is 15.9. The minimum absolute atomic E-state index is 0.0444. The van der Waals surface area contributed by atoms with Crippen LogP contribution in [0.4, 0.5) is 36.3 Å². The van der Waals surface area contributed by atoms with Gasteiger partial charge in [0.2, 0.25) is 5.95 Å². The third kappa shape index (κ3) is 4.74. The quantitative estimate of drug-likeness (QED) is 0.487. The number of hydrogen-bond acceptors (Lipinski definition) is 5. The summed E-state index contributed by atoms with van der Waals surface area (Å²) >= 11 is 0. The summed E-state index contributed by atoms with van der Waals surface area (Å²) in [6.45, 7) is 4.04. The predicted octanol–water partition coefficient (Wildman–Crippen LogP) is 6.31. The topological polar surface area (TPSA) is 66.9 Å². The van der Waals surface area contributed by atoms with E-state index in [1.807, 2.05) is 31.2 Å². The van der Waals surface area contributed by atoms with Crippen LogP contribution in [-0.2, 0) is 19.0 Å². The summed E-state index contributed by atoms with van der Waals surface area (Å²) in [4.78, 5) is 21.7. The van der Waals surface area contributed by atoms with Crippen molar-refractivity contribution < 1.29 is 18.0 Å². The SMILES string of the molecule is CCc1ccc(Nc2nc(Nc3cccc(C(F)(F)F)c3)nc3c2C(=O)CC(C)C3)cc1. The smallest absolute Gasteiger partial charge is 0.339 e. The molecule has 166 valence electrons. The Labute approximate surface area is 184 Å². The summed E-state index contributed by atoms with van der Waals surface area (Å²) in [5.41, 5.74) is 2.42. The van der Waals surface area contributed by atoms with Gasteiger partial charge in [-0.2, -0.15) is 18.2 Å². The molecule has 4 rings (SSSR count). The zero-order valence-corrected chi connectivity index (χ0v) is 17.8. The van der Waals surface area contributed by atoms with Gasteiger partial charge in [-0.25, -0.2) is 4.98 Å². The van der Waals surface area contributed by atoms with Gasteiger partial charge in [-0.3, -0.25) is 4.79 Å². The molecule has 32 heavy (non-hydrogen) atoms. The van der Waals surface area contributed by atoms with Crippen molar-refractivity contribution in [2.45, 2.75) is 39.3 Å². The van der Waals surface area contributed by atoms with E-state index in [-0.39, 0.29) is 23.3 Å². The number of nitrogens with one attached hydrogen (secondary N) is 2. The third-order valence-electron chi connectivity index (χ3n) is 5.41. The van der Waals surface area contributed by atoms with Crippen molar-refractivity contribution in [1.29, 1.82) is 0 Å². The number of benzene rings is 2. The summed E-state index contributed by atoms with van der Waals surface area (Å²) < 4.78 is 39.2. The number of carbonyl (C=O) groups is 1. The van der Waals surface area contributed by atoms with Crippen LogP contribution in [0.3, 0.4) is 0 Å². The molecule has 0 radical (unpaired) electrons. The Hall–Kier alpha value is -3.42. The number of Topliss-reactive ketones (excluding diaryl/α,β-unsaturated/α-hetero) is 1. The lowest BCUT2D eigenvalue weighted by Crippen LogP contribution is -2.22. The Balaban J connectivity index is 1.71. The average Bonchev–Trinajstić information content (AvgIpc) is 2.73. The average molecular weight is 440 g/mol. The third-order valence-corrected chi connectivity index (χ3v) is 5.41. The Morgan fingerprint density at radius 2 is 1.75 bits per heavy atom. The molecule has 0 amide bonds. The molecule has 1 atom stereocenters.